The van der Waals surface area contributed by atoms with Crippen LogP contribution in [0.15, 0.2) is 10.2 Å². The van der Waals surface area contributed by atoms with Gasteiger partial charge in [-0.05, 0) is 19.8 Å². The molecule has 2 amide bonds. The molecule has 0 aromatic heterocycles. The summed E-state index contributed by atoms with van der Waals surface area (Å²) >= 11 is 0. The summed E-state index contributed by atoms with van der Waals surface area (Å²) in [5.74, 6) is -1.08. The van der Waals surface area contributed by atoms with E-state index in [4.69, 9.17) is 0 Å². The molecule has 0 aromatic rings. The maximum Gasteiger partial charge on any atom is 0.249 e. The molecule has 3 atom stereocenters. The molecule has 0 spiro atoms. The lowest BCUT2D eigenvalue weighted by atomic mass is 9.78. The highest BCUT2D eigenvalue weighted by molar-refractivity contribution is 6.11. The van der Waals surface area contributed by atoms with Gasteiger partial charge in [-0.1, -0.05) is 6.92 Å². The van der Waals surface area contributed by atoms with Crippen LogP contribution in [0.25, 0.3) is 0 Å². The standard InChI is InChI=1S/C10H14N4O2/c1-4(7-5(2)11-13-9(7)15)8-6(3)12-14-10(8)16/h4,7-8H,1-3H3,(H,13,15)(H,14,16)/t4?,7-,8+. The van der Waals surface area contributed by atoms with Gasteiger partial charge in [0, 0.05) is 11.4 Å². The number of carbonyl (C=O) groups excluding carboxylic acids is 2. The topological polar surface area (TPSA) is 82.9 Å². The van der Waals surface area contributed by atoms with Gasteiger partial charge in [0.25, 0.3) is 0 Å². The zero-order valence-corrected chi connectivity index (χ0v) is 9.44. The van der Waals surface area contributed by atoms with E-state index in [1.807, 2.05) is 6.92 Å². The van der Waals surface area contributed by atoms with E-state index in [0.29, 0.717) is 0 Å². The Kier molecular flexibility index (Phi) is 2.49. The third-order valence-electron chi connectivity index (χ3n) is 3.20. The molecule has 2 aliphatic heterocycles. The molecule has 2 N–H and O–H groups in total. The van der Waals surface area contributed by atoms with Crippen molar-refractivity contribution in [2.75, 3.05) is 0 Å². The summed E-state index contributed by atoms with van der Waals surface area (Å²) in [4.78, 5) is 23.2. The van der Waals surface area contributed by atoms with Crippen molar-refractivity contribution in [1.29, 1.82) is 0 Å². The van der Waals surface area contributed by atoms with Crippen LogP contribution < -0.4 is 10.9 Å². The summed E-state index contributed by atoms with van der Waals surface area (Å²) in [6.45, 7) is 5.46. The van der Waals surface area contributed by atoms with E-state index >= 15 is 0 Å². The Hall–Kier alpha value is -1.72. The van der Waals surface area contributed by atoms with Crippen molar-refractivity contribution in [3.63, 3.8) is 0 Å². The van der Waals surface area contributed by atoms with E-state index < -0.39 is 0 Å². The Bertz CT molecular complexity index is 375. The molecule has 2 heterocycles. The highest BCUT2D eigenvalue weighted by Crippen LogP contribution is 2.28. The van der Waals surface area contributed by atoms with Gasteiger partial charge in [0.1, 0.15) is 0 Å². The number of nitrogens with one attached hydrogen (secondary N) is 2. The first-order chi connectivity index (χ1) is 7.52. The second-order valence-electron chi connectivity index (χ2n) is 4.27. The number of nitrogens with zero attached hydrogens (tertiary/aromatic N) is 2. The van der Waals surface area contributed by atoms with E-state index in [9.17, 15) is 9.59 Å². The van der Waals surface area contributed by atoms with Crippen molar-refractivity contribution in [2.24, 2.45) is 28.0 Å². The Labute approximate surface area is 93.2 Å². The number of carbonyl (C=O) groups is 2. The first-order valence-electron chi connectivity index (χ1n) is 5.20. The molecule has 0 aliphatic carbocycles. The maximum atomic E-state index is 11.6. The van der Waals surface area contributed by atoms with Crippen LogP contribution in [-0.2, 0) is 9.59 Å². The second-order valence-corrected chi connectivity index (χ2v) is 4.27. The summed E-state index contributed by atoms with van der Waals surface area (Å²) in [5.41, 5.74) is 6.32. The van der Waals surface area contributed by atoms with E-state index in [1.54, 1.807) is 13.8 Å². The first kappa shape index (κ1) is 10.8. The number of hydrazone groups is 2. The average Bonchev–Trinajstić information content (AvgIpc) is 2.71. The lowest BCUT2D eigenvalue weighted by molar-refractivity contribution is -0.126. The van der Waals surface area contributed by atoms with Gasteiger partial charge in [-0.3, -0.25) is 9.59 Å². The highest BCUT2D eigenvalue weighted by Gasteiger charge is 2.42. The van der Waals surface area contributed by atoms with Crippen LogP contribution in [0.3, 0.4) is 0 Å². The lowest BCUT2D eigenvalue weighted by Gasteiger charge is -2.21. The molecular formula is C10H14N4O2. The third-order valence-corrected chi connectivity index (χ3v) is 3.20. The Morgan fingerprint density at radius 2 is 1.38 bits per heavy atom. The monoisotopic (exact) mass is 222 g/mol. The van der Waals surface area contributed by atoms with E-state index in [1.165, 1.54) is 0 Å². The SMILES string of the molecule is CC1=NNC(=O)[C@H]1C(C)[C@H]1C(=O)NN=C1C. The van der Waals surface area contributed by atoms with Crippen molar-refractivity contribution < 1.29 is 9.59 Å². The van der Waals surface area contributed by atoms with Crippen LogP contribution in [0.5, 0.6) is 0 Å². The minimum Gasteiger partial charge on any atom is -0.272 e. The molecule has 0 bridgehead atoms. The smallest absolute Gasteiger partial charge is 0.249 e. The summed E-state index contributed by atoms with van der Waals surface area (Å²) in [7, 11) is 0. The van der Waals surface area contributed by atoms with Gasteiger partial charge in [-0.25, -0.2) is 10.9 Å². The Morgan fingerprint density at radius 1 is 1.00 bits per heavy atom. The average molecular weight is 222 g/mol. The second kappa shape index (κ2) is 3.70. The zero-order chi connectivity index (χ0) is 11.9. The van der Waals surface area contributed by atoms with Gasteiger partial charge >= 0.3 is 0 Å². The van der Waals surface area contributed by atoms with Crippen molar-refractivity contribution >= 4 is 23.2 Å². The lowest BCUT2D eigenvalue weighted by Crippen LogP contribution is -2.38. The molecular weight excluding hydrogens is 208 g/mol. The Morgan fingerprint density at radius 3 is 1.62 bits per heavy atom. The van der Waals surface area contributed by atoms with E-state index in [-0.39, 0.29) is 29.6 Å². The van der Waals surface area contributed by atoms with Crippen molar-refractivity contribution in [3.05, 3.63) is 0 Å². The highest BCUT2D eigenvalue weighted by atomic mass is 16.2. The van der Waals surface area contributed by atoms with Crippen molar-refractivity contribution in [2.45, 2.75) is 20.8 Å². The third kappa shape index (κ3) is 1.50. The molecule has 16 heavy (non-hydrogen) atoms. The van der Waals surface area contributed by atoms with Crippen LogP contribution >= 0.6 is 0 Å². The van der Waals surface area contributed by atoms with Crippen molar-refractivity contribution in [1.82, 2.24) is 10.9 Å². The van der Waals surface area contributed by atoms with Gasteiger partial charge in [0.2, 0.25) is 11.8 Å². The minimum absolute atomic E-state index is 0.127. The van der Waals surface area contributed by atoms with Crippen LogP contribution in [-0.4, -0.2) is 23.2 Å². The molecule has 0 aromatic carbocycles. The summed E-state index contributed by atoms with van der Waals surface area (Å²) in [5, 5.41) is 7.77. The molecule has 6 nitrogen and oxygen atoms in total. The summed E-state index contributed by atoms with van der Waals surface area (Å²) in [6.07, 6.45) is 0. The molecule has 0 saturated heterocycles. The number of hydrogen-bond donors (Lipinski definition) is 2. The first-order valence-corrected chi connectivity index (χ1v) is 5.20. The van der Waals surface area contributed by atoms with Gasteiger partial charge in [0.05, 0.1) is 11.8 Å². The fourth-order valence-electron chi connectivity index (χ4n) is 2.38. The van der Waals surface area contributed by atoms with E-state index in [0.717, 1.165) is 11.4 Å². The van der Waals surface area contributed by atoms with Gasteiger partial charge in [-0.15, -0.1) is 0 Å². The molecule has 0 fully saturated rings. The molecule has 1 unspecified atom stereocenters. The van der Waals surface area contributed by atoms with Crippen LogP contribution in [0.1, 0.15) is 20.8 Å². The van der Waals surface area contributed by atoms with Gasteiger partial charge < -0.3 is 0 Å². The number of hydrogen-bond acceptors (Lipinski definition) is 4. The molecule has 2 aliphatic rings. The van der Waals surface area contributed by atoms with Crippen LogP contribution in [0, 0.1) is 17.8 Å². The summed E-state index contributed by atoms with van der Waals surface area (Å²) < 4.78 is 0. The zero-order valence-electron chi connectivity index (χ0n) is 9.44. The molecule has 86 valence electrons. The molecule has 2 rings (SSSR count). The predicted molar refractivity (Wildman–Crippen MR) is 58.6 cm³/mol. The fraction of sp³-hybridized carbons (Fsp3) is 0.600. The maximum absolute atomic E-state index is 11.6. The quantitative estimate of drug-likeness (QED) is 0.682. The van der Waals surface area contributed by atoms with Crippen molar-refractivity contribution in [3.8, 4) is 0 Å². The molecule has 0 radical (unpaired) electrons. The number of amides is 2. The minimum atomic E-state index is -0.334. The van der Waals surface area contributed by atoms with Gasteiger partial charge in [0.15, 0.2) is 0 Å². The number of rotatable bonds is 2. The van der Waals surface area contributed by atoms with E-state index in [2.05, 4.69) is 21.1 Å². The Balaban J connectivity index is 2.22. The van der Waals surface area contributed by atoms with Crippen LogP contribution in [0.4, 0.5) is 0 Å². The fourth-order valence-corrected chi connectivity index (χ4v) is 2.38. The summed E-state index contributed by atoms with van der Waals surface area (Å²) in [6, 6.07) is 0. The molecule has 6 heteroatoms. The molecule has 0 saturated carbocycles. The van der Waals surface area contributed by atoms with Gasteiger partial charge in [-0.2, -0.15) is 10.2 Å². The van der Waals surface area contributed by atoms with Crippen LogP contribution in [0.2, 0.25) is 0 Å². The largest absolute Gasteiger partial charge is 0.272 e. The predicted octanol–water partition coefficient (Wildman–Crippen LogP) is -0.134. The normalized spacial score (nSPS) is 30.7.